The minimum atomic E-state index is -0.441. The Labute approximate surface area is 208 Å². The lowest BCUT2D eigenvalue weighted by molar-refractivity contribution is -0.126. The molecule has 0 spiro atoms. The van der Waals surface area contributed by atoms with E-state index in [1.807, 2.05) is 42.2 Å². The summed E-state index contributed by atoms with van der Waals surface area (Å²) in [5, 5.41) is 3.26. The van der Waals surface area contributed by atoms with Gasteiger partial charge in [0.05, 0.1) is 5.37 Å². The Hall–Kier alpha value is -2.31. The van der Waals surface area contributed by atoms with Crippen LogP contribution in [0.1, 0.15) is 55.1 Å². The molecule has 34 heavy (non-hydrogen) atoms. The second-order valence-electron chi connectivity index (χ2n) is 10.6. The molecule has 2 unspecified atom stereocenters. The van der Waals surface area contributed by atoms with Gasteiger partial charge in [0.15, 0.2) is 0 Å². The predicted molar refractivity (Wildman–Crippen MR) is 140 cm³/mol. The van der Waals surface area contributed by atoms with Crippen LogP contribution in [0.2, 0.25) is 0 Å². The number of amides is 2. The first-order chi connectivity index (χ1) is 16.2. The minimum Gasteiger partial charge on any atom is -0.351 e. The molecule has 2 amide bonds. The number of carbonyl (C=O) groups excluding carboxylic acids is 2. The van der Waals surface area contributed by atoms with Gasteiger partial charge in [-0.3, -0.25) is 14.5 Å². The molecule has 4 rings (SSSR count). The zero-order valence-corrected chi connectivity index (χ0v) is 21.6. The Balaban J connectivity index is 1.41. The van der Waals surface area contributed by atoms with Gasteiger partial charge in [0.1, 0.15) is 6.04 Å². The Morgan fingerprint density at radius 2 is 1.65 bits per heavy atom. The molecule has 2 aliphatic rings. The number of rotatable bonds is 5. The van der Waals surface area contributed by atoms with Gasteiger partial charge in [-0.05, 0) is 42.4 Å². The molecule has 1 N–H and O–H groups in total. The molecule has 182 valence electrons. The van der Waals surface area contributed by atoms with Crippen molar-refractivity contribution in [2.45, 2.75) is 64.5 Å². The first-order valence-electron chi connectivity index (χ1n) is 12.3. The Morgan fingerprint density at radius 3 is 2.29 bits per heavy atom. The van der Waals surface area contributed by atoms with Crippen LogP contribution in [0, 0.1) is 12.3 Å². The van der Waals surface area contributed by atoms with Crippen molar-refractivity contribution in [3.63, 3.8) is 0 Å². The van der Waals surface area contributed by atoms with E-state index in [1.54, 1.807) is 11.8 Å². The summed E-state index contributed by atoms with van der Waals surface area (Å²) in [7, 11) is 0. The molecule has 6 heteroatoms. The number of nitrogens with zero attached hydrogens (tertiary/aromatic N) is 2. The molecule has 2 aromatic rings. The van der Waals surface area contributed by atoms with E-state index < -0.39 is 6.04 Å². The van der Waals surface area contributed by atoms with Crippen molar-refractivity contribution in [1.82, 2.24) is 15.1 Å². The molecule has 0 bridgehead atoms. The van der Waals surface area contributed by atoms with Crippen LogP contribution in [0.15, 0.2) is 54.6 Å². The molecule has 2 heterocycles. The van der Waals surface area contributed by atoms with Gasteiger partial charge in [-0.15, -0.1) is 11.8 Å². The molecule has 2 fully saturated rings. The molecule has 0 saturated carbocycles. The summed E-state index contributed by atoms with van der Waals surface area (Å²) >= 11 is 1.72. The third kappa shape index (κ3) is 5.66. The first kappa shape index (κ1) is 24.8. The second-order valence-corrected chi connectivity index (χ2v) is 11.8. The normalized spacial score (nSPS) is 22.1. The topological polar surface area (TPSA) is 52.7 Å². The number of hydrogen-bond donors (Lipinski definition) is 1. The lowest BCUT2D eigenvalue weighted by atomic mass is 9.93. The highest BCUT2D eigenvalue weighted by molar-refractivity contribution is 8.00. The van der Waals surface area contributed by atoms with Crippen LogP contribution in [-0.4, -0.2) is 57.9 Å². The lowest BCUT2D eigenvalue weighted by Crippen LogP contribution is -2.55. The van der Waals surface area contributed by atoms with Crippen LogP contribution in [0.4, 0.5) is 0 Å². The molecule has 0 radical (unpaired) electrons. The first-order valence-corrected chi connectivity index (χ1v) is 13.4. The standard InChI is InChI=1S/C28H37N3O2S/c1-20-10-8-9-13-23(20)26(33)31-24(19-34-27(31)28(2,3)4)25(32)29-22-14-16-30(17-15-22)18-21-11-6-5-7-12-21/h5-13,22,24,27H,14-19H2,1-4H3,(H,29,32). The van der Waals surface area contributed by atoms with Crippen LogP contribution >= 0.6 is 11.8 Å². The summed E-state index contributed by atoms with van der Waals surface area (Å²) in [6.45, 7) is 11.3. The summed E-state index contributed by atoms with van der Waals surface area (Å²) in [6.07, 6.45) is 1.87. The van der Waals surface area contributed by atoms with E-state index in [0.29, 0.717) is 11.3 Å². The van der Waals surface area contributed by atoms with Crippen LogP contribution in [0.5, 0.6) is 0 Å². The summed E-state index contributed by atoms with van der Waals surface area (Å²) in [4.78, 5) is 31.4. The molecule has 2 aromatic carbocycles. The molecule has 0 aromatic heterocycles. The van der Waals surface area contributed by atoms with Gasteiger partial charge >= 0.3 is 0 Å². The second kappa shape index (κ2) is 10.5. The van der Waals surface area contributed by atoms with Crippen LogP contribution < -0.4 is 5.32 Å². The van der Waals surface area contributed by atoms with Gasteiger partial charge in [-0.25, -0.2) is 0 Å². The largest absolute Gasteiger partial charge is 0.351 e. The van der Waals surface area contributed by atoms with Gasteiger partial charge in [0.25, 0.3) is 5.91 Å². The van der Waals surface area contributed by atoms with Gasteiger partial charge in [-0.1, -0.05) is 69.3 Å². The fourth-order valence-electron chi connectivity index (χ4n) is 4.95. The zero-order valence-electron chi connectivity index (χ0n) is 20.8. The number of aryl methyl sites for hydroxylation is 1. The van der Waals surface area contributed by atoms with Gasteiger partial charge < -0.3 is 10.2 Å². The van der Waals surface area contributed by atoms with E-state index in [-0.39, 0.29) is 28.6 Å². The highest BCUT2D eigenvalue weighted by atomic mass is 32.2. The summed E-state index contributed by atoms with van der Waals surface area (Å²) in [6, 6.07) is 17.9. The van der Waals surface area contributed by atoms with Gasteiger partial charge in [0.2, 0.25) is 5.91 Å². The minimum absolute atomic E-state index is 0.0114. The van der Waals surface area contributed by atoms with Crippen LogP contribution in [0.3, 0.4) is 0 Å². The van der Waals surface area contributed by atoms with Crippen LogP contribution in [-0.2, 0) is 11.3 Å². The Bertz CT molecular complexity index is 996. The van der Waals surface area contributed by atoms with E-state index in [9.17, 15) is 9.59 Å². The number of carbonyl (C=O) groups is 2. The maximum absolute atomic E-state index is 13.7. The van der Waals surface area contributed by atoms with Crippen molar-refractivity contribution in [2.24, 2.45) is 5.41 Å². The van der Waals surface area contributed by atoms with Crippen molar-refractivity contribution >= 4 is 23.6 Å². The molecule has 5 nitrogen and oxygen atoms in total. The van der Waals surface area contributed by atoms with Gasteiger partial charge in [0, 0.05) is 37.0 Å². The third-order valence-electron chi connectivity index (χ3n) is 6.84. The predicted octanol–water partition coefficient (Wildman–Crippen LogP) is 4.71. The summed E-state index contributed by atoms with van der Waals surface area (Å²) in [5.74, 6) is 0.585. The SMILES string of the molecule is Cc1ccccc1C(=O)N1C(C(=O)NC2CCN(Cc3ccccc3)CC2)CSC1C(C)(C)C. The number of benzene rings is 2. The van der Waals surface area contributed by atoms with E-state index in [1.165, 1.54) is 5.56 Å². The quantitative estimate of drug-likeness (QED) is 0.675. The fraction of sp³-hybridized carbons (Fsp3) is 0.500. The maximum Gasteiger partial charge on any atom is 0.255 e. The average molecular weight is 480 g/mol. The molecule has 2 saturated heterocycles. The van der Waals surface area contributed by atoms with Crippen molar-refractivity contribution in [2.75, 3.05) is 18.8 Å². The number of piperidine rings is 1. The number of hydrogen-bond acceptors (Lipinski definition) is 4. The van der Waals surface area contributed by atoms with Crippen molar-refractivity contribution in [3.8, 4) is 0 Å². The molecule has 0 aliphatic carbocycles. The van der Waals surface area contributed by atoms with Crippen molar-refractivity contribution < 1.29 is 9.59 Å². The monoisotopic (exact) mass is 479 g/mol. The van der Waals surface area contributed by atoms with Crippen molar-refractivity contribution in [3.05, 3.63) is 71.3 Å². The number of thioether (sulfide) groups is 1. The summed E-state index contributed by atoms with van der Waals surface area (Å²) < 4.78 is 0. The van der Waals surface area contributed by atoms with E-state index in [4.69, 9.17) is 0 Å². The highest BCUT2D eigenvalue weighted by Crippen LogP contribution is 2.41. The van der Waals surface area contributed by atoms with E-state index in [0.717, 1.165) is 38.0 Å². The number of nitrogens with one attached hydrogen (secondary N) is 1. The lowest BCUT2D eigenvalue weighted by Gasteiger charge is -2.37. The third-order valence-corrected chi connectivity index (χ3v) is 8.60. The molecular formula is C28H37N3O2S. The fourth-order valence-corrected chi connectivity index (χ4v) is 6.53. The molecule has 2 aliphatic heterocycles. The maximum atomic E-state index is 13.7. The molecular weight excluding hydrogens is 442 g/mol. The highest BCUT2D eigenvalue weighted by Gasteiger charge is 2.47. The number of likely N-dealkylation sites (tertiary alicyclic amines) is 1. The molecule has 2 atom stereocenters. The zero-order chi connectivity index (χ0) is 24.3. The van der Waals surface area contributed by atoms with E-state index >= 15 is 0 Å². The van der Waals surface area contributed by atoms with Crippen LogP contribution in [0.25, 0.3) is 0 Å². The summed E-state index contributed by atoms with van der Waals surface area (Å²) in [5.41, 5.74) is 2.83. The van der Waals surface area contributed by atoms with Gasteiger partial charge in [-0.2, -0.15) is 0 Å². The average Bonchev–Trinajstić information content (AvgIpc) is 3.27. The smallest absolute Gasteiger partial charge is 0.255 e. The Kier molecular flexibility index (Phi) is 7.68. The van der Waals surface area contributed by atoms with E-state index in [2.05, 4.69) is 55.3 Å². The Morgan fingerprint density at radius 1 is 1.00 bits per heavy atom. The van der Waals surface area contributed by atoms with Crippen molar-refractivity contribution in [1.29, 1.82) is 0 Å².